The predicted molar refractivity (Wildman–Crippen MR) is 78.1 cm³/mol. The summed E-state index contributed by atoms with van der Waals surface area (Å²) in [6.07, 6.45) is 2.79. The van der Waals surface area contributed by atoms with Gasteiger partial charge in [-0.15, -0.1) is 0 Å². The summed E-state index contributed by atoms with van der Waals surface area (Å²) in [5, 5.41) is 3.19. The van der Waals surface area contributed by atoms with Crippen LogP contribution in [-0.4, -0.2) is 67.8 Å². The van der Waals surface area contributed by atoms with Gasteiger partial charge < -0.3 is 10.2 Å². The second kappa shape index (κ2) is 6.50. The molecule has 2 rings (SSSR count). The van der Waals surface area contributed by atoms with Crippen molar-refractivity contribution in [3.63, 3.8) is 0 Å². The van der Waals surface area contributed by atoms with Gasteiger partial charge in [0.15, 0.2) is 0 Å². The van der Waals surface area contributed by atoms with Crippen LogP contribution in [0, 0.1) is 0 Å². The third kappa shape index (κ3) is 3.58. The zero-order valence-corrected chi connectivity index (χ0v) is 13.0. The van der Waals surface area contributed by atoms with Gasteiger partial charge in [0.1, 0.15) is 4.90 Å². The van der Waals surface area contributed by atoms with Crippen LogP contribution < -0.4 is 5.32 Å². The van der Waals surface area contributed by atoms with Gasteiger partial charge in [0.25, 0.3) is 0 Å². The number of nitrogens with one attached hydrogen (secondary N) is 1. The van der Waals surface area contributed by atoms with E-state index in [1.54, 1.807) is 11.0 Å². The molecule has 0 spiro atoms. The quantitative estimate of drug-likeness (QED) is 0.812. The number of likely N-dealkylation sites (N-methyl/N-ethyl adjacent to an activating group) is 1. The van der Waals surface area contributed by atoms with E-state index >= 15 is 0 Å². The lowest BCUT2D eigenvalue weighted by Crippen LogP contribution is -2.54. The molecule has 1 saturated heterocycles. The largest absolute Gasteiger partial charge is 0.336 e. The van der Waals surface area contributed by atoms with Crippen molar-refractivity contribution in [3.05, 3.63) is 24.5 Å². The van der Waals surface area contributed by atoms with Crippen molar-refractivity contribution < 1.29 is 13.2 Å². The maximum Gasteiger partial charge on any atom is 0.244 e. The van der Waals surface area contributed by atoms with Gasteiger partial charge in [-0.1, -0.05) is 0 Å². The first-order chi connectivity index (χ1) is 9.93. The van der Waals surface area contributed by atoms with Gasteiger partial charge in [0.05, 0.1) is 6.54 Å². The smallest absolute Gasteiger partial charge is 0.244 e. The first kappa shape index (κ1) is 15.9. The molecule has 2 heterocycles. The number of carbonyl (C=O) groups excluding carboxylic acids is 1. The number of carbonyl (C=O) groups is 1. The Hall–Kier alpha value is -1.51. The van der Waals surface area contributed by atoms with E-state index in [4.69, 9.17) is 0 Å². The highest BCUT2D eigenvalue weighted by atomic mass is 32.2. The Morgan fingerprint density at radius 3 is 2.95 bits per heavy atom. The number of nitrogens with zero attached hydrogens (tertiary/aromatic N) is 3. The molecular weight excluding hydrogens is 292 g/mol. The van der Waals surface area contributed by atoms with Gasteiger partial charge in [0, 0.05) is 45.1 Å². The van der Waals surface area contributed by atoms with E-state index in [9.17, 15) is 13.2 Å². The summed E-state index contributed by atoms with van der Waals surface area (Å²) in [7, 11) is -2.27. The van der Waals surface area contributed by atoms with E-state index in [2.05, 4.69) is 10.3 Å². The zero-order valence-electron chi connectivity index (χ0n) is 12.2. The van der Waals surface area contributed by atoms with E-state index in [0.29, 0.717) is 6.54 Å². The molecule has 1 atom stereocenters. The van der Waals surface area contributed by atoms with E-state index in [1.165, 1.54) is 25.5 Å². The molecule has 8 heteroatoms. The van der Waals surface area contributed by atoms with Gasteiger partial charge in [-0.2, -0.15) is 4.31 Å². The molecule has 1 amide bonds. The van der Waals surface area contributed by atoms with Gasteiger partial charge >= 0.3 is 0 Å². The molecule has 1 aromatic rings. The monoisotopic (exact) mass is 312 g/mol. The van der Waals surface area contributed by atoms with Crippen molar-refractivity contribution in [2.24, 2.45) is 0 Å². The van der Waals surface area contributed by atoms with Crippen molar-refractivity contribution in [2.45, 2.75) is 17.9 Å². The van der Waals surface area contributed by atoms with Crippen LogP contribution in [-0.2, 0) is 14.8 Å². The van der Waals surface area contributed by atoms with Crippen LogP contribution in [0.1, 0.15) is 6.92 Å². The number of hydrogen-bond donors (Lipinski definition) is 1. The SMILES string of the molecule is C[C@@H]1CNCCN1C(=O)CN(C)S(=O)(=O)c1cccnc1. The normalized spacial score (nSPS) is 19.8. The summed E-state index contributed by atoms with van der Waals surface area (Å²) in [5.74, 6) is -0.182. The molecule has 1 aromatic heterocycles. The van der Waals surface area contributed by atoms with Crippen LogP contribution in [0.2, 0.25) is 0 Å². The second-order valence-corrected chi connectivity index (χ2v) is 7.13. The number of sulfonamides is 1. The molecule has 1 N–H and O–H groups in total. The van der Waals surface area contributed by atoms with Crippen LogP contribution in [0.25, 0.3) is 0 Å². The van der Waals surface area contributed by atoms with Crippen molar-refractivity contribution in [2.75, 3.05) is 33.2 Å². The number of aromatic nitrogens is 1. The van der Waals surface area contributed by atoms with Gasteiger partial charge in [0.2, 0.25) is 15.9 Å². The minimum absolute atomic E-state index is 0.0701. The van der Waals surface area contributed by atoms with Crippen LogP contribution in [0.15, 0.2) is 29.4 Å². The number of pyridine rings is 1. The van der Waals surface area contributed by atoms with Crippen molar-refractivity contribution >= 4 is 15.9 Å². The first-order valence-corrected chi connectivity index (χ1v) is 8.23. The molecular formula is C13H20N4O3S. The summed E-state index contributed by atoms with van der Waals surface area (Å²) in [6.45, 7) is 3.84. The Morgan fingerprint density at radius 2 is 2.33 bits per heavy atom. The summed E-state index contributed by atoms with van der Waals surface area (Å²) < 4.78 is 25.7. The average Bonchev–Trinajstić information content (AvgIpc) is 2.48. The third-order valence-corrected chi connectivity index (χ3v) is 5.31. The van der Waals surface area contributed by atoms with Crippen molar-refractivity contribution in [3.8, 4) is 0 Å². The molecule has 0 bridgehead atoms. The third-order valence-electron chi connectivity index (χ3n) is 3.52. The molecule has 1 aliphatic rings. The number of hydrogen-bond acceptors (Lipinski definition) is 5. The topological polar surface area (TPSA) is 82.6 Å². The predicted octanol–water partition coefficient (Wildman–Crippen LogP) is -0.478. The minimum Gasteiger partial charge on any atom is -0.336 e. The standard InChI is InChI=1S/C13H20N4O3S/c1-11-8-15-6-7-17(11)13(18)10-16(2)21(19,20)12-4-3-5-14-9-12/h3-5,9,11,15H,6-8,10H2,1-2H3/t11-/m1/s1. The Morgan fingerprint density at radius 1 is 1.57 bits per heavy atom. The Labute approximate surface area is 125 Å². The summed E-state index contributed by atoms with van der Waals surface area (Å²) in [5.41, 5.74) is 0. The maximum atomic E-state index is 12.3. The number of amides is 1. The molecule has 116 valence electrons. The first-order valence-electron chi connectivity index (χ1n) is 6.79. The Balaban J connectivity index is 2.07. The van der Waals surface area contributed by atoms with Crippen LogP contribution in [0.4, 0.5) is 0 Å². The molecule has 0 aromatic carbocycles. The molecule has 1 fully saturated rings. The minimum atomic E-state index is -3.68. The van der Waals surface area contributed by atoms with E-state index in [0.717, 1.165) is 17.4 Å². The fraction of sp³-hybridized carbons (Fsp3) is 0.538. The highest BCUT2D eigenvalue weighted by Gasteiger charge is 2.28. The Bertz CT molecular complexity index is 591. The highest BCUT2D eigenvalue weighted by Crippen LogP contribution is 2.13. The van der Waals surface area contributed by atoms with E-state index in [-0.39, 0.29) is 23.4 Å². The van der Waals surface area contributed by atoms with Crippen LogP contribution in [0.3, 0.4) is 0 Å². The highest BCUT2D eigenvalue weighted by molar-refractivity contribution is 7.89. The van der Waals surface area contributed by atoms with Crippen molar-refractivity contribution in [1.82, 2.24) is 19.5 Å². The number of piperazine rings is 1. The maximum absolute atomic E-state index is 12.3. The molecule has 0 radical (unpaired) electrons. The molecule has 0 aliphatic carbocycles. The molecule has 1 aliphatic heterocycles. The lowest BCUT2D eigenvalue weighted by molar-refractivity contribution is -0.133. The van der Waals surface area contributed by atoms with Gasteiger partial charge in [-0.05, 0) is 19.1 Å². The molecule has 21 heavy (non-hydrogen) atoms. The number of rotatable bonds is 4. The molecule has 7 nitrogen and oxygen atoms in total. The van der Waals surface area contributed by atoms with Gasteiger partial charge in [-0.25, -0.2) is 8.42 Å². The summed E-state index contributed by atoms with van der Waals surface area (Å²) >= 11 is 0. The lowest BCUT2D eigenvalue weighted by Gasteiger charge is -2.34. The fourth-order valence-corrected chi connectivity index (χ4v) is 3.34. The zero-order chi connectivity index (χ0) is 15.5. The van der Waals surface area contributed by atoms with Crippen LogP contribution >= 0.6 is 0 Å². The van der Waals surface area contributed by atoms with E-state index in [1.807, 2.05) is 6.92 Å². The fourth-order valence-electron chi connectivity index (χ4n) is 2.26. The second-order valence-electron chi connectivity index (χ2n) is 5.09. The lowest BCUT2D eigenvalue weighted by atomic mass is 10.2. The Kier molecular flexibility index (Phi) is 4.92. The summed E-state index contributed by atoms with van der Waals surface area (Å²) in [4.78, 5) is 17.9. The molecule has 0 unspecified atom stereocenters. The average molecular weight is 312 g/mol. The van der Waals surface area contributed by atoms with Crippen molar-refractivity contribution in [1.29, 1.82) is 0 Å². The van der Waals surface area contributed by atoms with E-state index < -0.39 is 10.0 Å². The summed E-state index contributed by atoms with van der Waals surface area (Å²) in [6, 6.07) is 3.10. The van der Waals surface area contributed by atoms with Gasteiger partial charge in [-0.3, -0.25) is 9.78 Å². The van der Waals surface area contributed by atoms with Crippen LogP contribution in [0.5, 0.6) is 0 Å². The molecule has 0 saturated carbocycles.